The van der Waals surface area contributed by atoms with Crippen LogP contribution in [0.4, 0.5) is 0 Å². The zero-order chi connectivity index (χ0) is 8.48. The second-order valence-corrected chi connectivity index (χ2v) is 4.19. The van der Waals surface area contributed by atoms with E-state index in [1.54, 1.807) is 0 Å². The Kier molecular flexibility index (Phi) is 2.54. The quantitative estimate of drug-likeness (QED) is 0.464. The van der Waals surface area contributed by atoms with Crippen LogP contribution in [0, 0.1) is 5.41 Å². The fourth-order valence-electron chi connectivity index (χ4n) is 1.02. The van der Waals surface area contributed by atoms with Gasteiger partial charge in [-0.2, -0.15) is 0 Å². The molecule has 62 valence electrons. The maximum absolute atomic E-state index is 11.2. The van der Waals surface area contributed by atoms with E-state index in [9.17, 15) is 4.79 Å². The molecule has 1 fully saturated rings. The van der Waals surface area contributed by atoms with Gasteiger partial charge in [-0.3, -0.25) is 4.79 Å². The molecule has 0 unspecified atom stereocenters. The third-order valence-corrected chi connectivity index (χ3v) is 3.69. The van der Waals surface area contributed by atoms with E-state index in [2.05, 4.69) is 0 Å². The van der Waals surface area contributed by atoms with E-state index in [1.807, 2.05) is 13.2 Å². The Morgan fingerprint density at radius 1 is 1.82 bits per heavy atom. The predicted octanol–water partition coefficient (Wildman–Crippen LogP) is 1.63. The summed E-state index contributed by atoms with van der Waals surface area (Å²) in [6.45, 7) is 2.36. The first-order valence-corrected chi connectivity index (χ1v) is 5.00. The highest BCUT2D eigenvalue weighted by atomic mass is 32.2. The number of thioether (sulfide) groups is 1. The summed E-state index contributed by atoms with van der Waals surface area (Å²) in [7, 11) is 0. The Morgan fingerprint density at radius 3 is 2.82 bits per heavy atom. The molecule has 0 N–H and O–H groups in total. The van der Waals surface area contributed by atoms with Crippen LogP contribution in [0.1, 0.15) is 13.3 Å². The monoisotopic (exact) mass is 190 g/mol. The summed E-state index contributed by atoms with van der Waals surface area (Å²) < 4.78 is 5.59. The van der Waals surface area contributed by atoms with Gasteiger partial charge in [0.2, 0.25) is 0 Å². The number of cyclic esters (lactones) is 1. The SMILES string of the molecule is CSC(=S)[C@@]1(C)CCOC1=O. The van der Waals surface area contributed by atoms with Crippen molar-refractivity contribution in [2.45, 2.75) is 13.3 Å². The van der Waals surface area contributed by atoms with Gasteiger partial charge in [-0.1, -0.05) is 12.2 Å². The van der Waals surface area contributed by atoms with Gasteiger partial charge in [0.1, 0.15) is 5.41 Å². The molecule has 11 heavy (non-hydrogen) atoms. The molecule has 1 aliphatic rings. The lowest BCUT2D eigenvalue weighted by molar-refractivity contribution is -0.142. The number of ether oxygens (including phenoxy) is 1. The molecule has 0 aromatic heterocycles. The fraction of sp³-hybridized carbons (Fsp3) is 0.714. The number of esters is 1. The average molecular weight is 190 g/mol. The zero-order valence-electron chi connectivity index (χ0n) is 6.55. The van der Waals surface area contributed by atoms with Gasteiger partial charge in [-0.25, -0.2) is 0 Å². The summed E-state index contributed by atoms with van der Waals surface area (Å²) in [6.07, 6.45) is 2.62. The molecule has 0 aromatic carbocycles. The van der Waals surface area contributed by atoms with Crippen molar-refractivity contribution in [3.05, 3.63) is 0 Å². The number of hydrogen-bond acceptors (Lipinski definition) is 4. The second kappa shape index (κ2) is 3.11. The van der Waals surface area contributed by atoms with E-state index in [4.69, 9.17) is 17.0 Å². The van der Waals surface area contributed by atoms with Crippen molar-refractivity contribution in [3.63, 3.8) is 0 Å². The first-order valence-electron chi connectivity index (χ1n) is 3.37. The third-order valence-electron chi connectivity index (χ3n) is 1.92. The van der Waals surface area contributed by atoms with Crippen LogP contribution in [0.25, 0.3) is 0 Å². The van der Waals surface area contributed by atoms with Crippen LogP contribution in [0.5, 0.6) is 0 Å². The van der Waals surface area contributed by atoms with Gasteiger partial charge in [0, 0.05) is 6.42 Å². The molecule has 0 amide bonds. The maximum Gasteiger partial charge on any atom is 0.317 e. The molecule has 1 rings (SSSR count). The molecule has 1 aliphatic heterocycles. The third kappa shape index (κ3) is 1.42. The number of hydrogen-bond donors (Lipinski definition) is 0. The Labute approximate surface area is 75.7 Å². The number of carbonyl (C=O) groups excluding carboxylic acids is 1. The van der Waals surface area contributed by atoms with Crippen molar-refractivity contribution in [2.24, 2.45) is 5.41 Å². The molecule has 0 aliphatic carbocycles. The van der Waals surface area contributed by atoms with Gasteiger partial charge < -0.3 is 4.74 Å². The van der Waals surface area contributed by atoms with E-state index in [1.165, 1.54) is 11.8 Å². The molecule has 1 heterocycles. The number of carbonyl (C=O) groups is 1. The molecule has 0 radical (unpaired) electrons. The van der Waals surface area contributed by atoms with Gasteiger partial charge in [0.25, 0.3) is 0 Å². The molecule has 0 saturated carbocycles. The Morgan fingerprint density at radius 2 is 2.45 bits per heavy atom. The van der Waals surface area contributed by atoms with Gasteiger partial charge in [-0.05, 0) is 13.2 Å². The van der Waals surface area contributed by atoms with Crippen LogP contribution >= 0.6 is 24.0 Å². The zero-order valence-corrected chi connectivity index (χ0v) is 8.18. The standard InChI is InChI=1S/C7H10O2S2/c1-7(6(10)11-2)3-4-9-5(7)8/h3-4H2,1-2H3/t7-/m0/s1. The van der Waals surface area contributed by atoms with Crippen LogP contribution in [0.2, 0.25) is 0 Å². The molecule has 0 spiro atoms. The lowest BCUT2D eigenvalue weighted by Gasteiger charge is -2.17. The summed E-state index contributed by atoms with van der Waals surface area (Å²) in [5.74, 6) is -0.170. The number of thiocarbonyl (C=S) groups is 1. The van der Waals surface area contributed by atoms with Crippen molar-refractivity contribution in [3.8, 4) is 0 Å². The van der Waals surface area contributed by atoms with Gasteiger partial charge in [0.05, 0.1) is 10.8 Å². The summed E-state index contributed by atoms with van der Waals surface area (Å²) in [5, 5.41) is 0. The van der Waals surface area contributed by atoms with Crippen LogP contribution in [0.15, 0.2) is 0 Å². The van der Waals surface area contributed by atoms with E-state index >= 15 is 0 Å². The minimum atomic E-state index is -0.505. The first-order chi connectivity index (χ1) is 5.11. The minimum Gasteiger partial charge on any atom is -0.465 e. The molecule has 2 nitrogen and oxygen atoms in total. The molecule has 1 atom stereocenters. The lowest BCUT2D eigenvalue weighted by Crippen LogP contribution is -2.28. The van der Waals surface area contributed by atoms with Crippen molar-refractivity contribution in [1.29, 1.82) is 0 Å². The van der Waals surface area contributed by atoms with Gasteiger partial charge in [0.15, 0.2) is 0 Å². The number of rotatable bonds is 1. The largest absolute Gasteiger partial charge is 0.465 e. The van der Waals surface area contributed by atoms with E-state index in [-0.39, 0.29) is 5.97 Å². The lowest BCUT2D eigenvalue weighted by atomic mass is 9.92. The highest BCUT2D eigenvalue weighted by molar-refractivity contribution is 8.22. The fourth-order valence-corrected chi connectivity index (χ4v) is 1.84. The predicted molar refractivity (Wildman–Crippen MR) is 49.8 cm³/mol. The van der Waals surface area contributed by atoms with Gasteiger partial charge in [-0.15, -0.1) is 11.8 Å². The normalized spacial score (nSPS) is 30.2. The van der Waals surface area contributed by atoms with Crippen LogP contribution in [-0.4, -0.2) is 23.0 Å². The van der Waals surface area contributed by atoms with E-state index in [0.29, 0.717) is 6.61 Å². The van der Waals surface area contributed by atoms with E-state index in [0.717, 1.165) is 10.6 Å². The highest BCUT2D eigenvalue weighted by Gasteiger charge is 2.43. The van der Waals surface area contributed by atoms with Crippen molar-refractivity contribution < 1.29 is 9.53 Å². The Balaban J connectivity index is 2.80. The van der Waals surface area contributed by atoms with Crippen molar-refractivity contribution >= 4 is 34.1 Å². The average Bonchev–Trinajstić information content (AvgIpc) is 2.32. The molecule has 0 bridgehead atoms. The summed E-state index contributed by atoms with van der Waals surface area (Å²) in [4.78, 5) is 11.2. The summed E-state index contributed by atoms with van der Waals surface area (Å²) in [5.41, 5.74) is -0.505. The van der Waals surface area contributed by atoms with Crippen LogP contribution in [0.3, 0.4) is 0 Å². The summed E-state index contributed by atoms with van der Waals surface area (Å²) >= 11 is 6.52. The molecular weight excluding hydrogens is 180 g/mol. The molecular formula is C7H10O2S2. The molecule has 0 aromatic rings. The smallest absolute Gasteiger partial charge is 0.317 e. The first kappa shape index (κ1) is 9.00. The summed E-state index contributed by atoms with van der Waals surface area (Å²) in [6, 6.07) is 0. The second-order valence-electron chi connectivity index (χ2n) is 2.71. The van der Waals surface area contributed by atoms with Crippen LogP contribution < -0.4 is 0 Å². The van der Waals surface area contributed by atoms with Crippen molar-refractivity contribution in [2.75, 3.05) is 12.9 Å². The van der Waals surface area contributed by atoms with Crippen molar-refractivity contribution in [1.82, 2.24) is 0 Å². The topological polar surface area (TPSA) is 26.3 Å². The van der Waals surface area contributed by atoms with Gasteiger partial charge >= 0.3 is 5.97 Å². The molecule has 1 saturated heterocycles. The van der Waals surface area contributed by atoms with E-state index < -0.39 is 5.41 Å². The molecule has 4 heteroatoms. The Bertz CT molecular complexity index is 203. The Hall–Kier alpha value is -0.0900. The maximum atomic E-state index is 11.2. The highest BCUT2D eigenvalue weighted by Crippen LogP contribution is 2.34. The van der Waals surface area contributed by atoms with Crippen LogP contribution in [-0.2, 0) is 9.53 Å². The minimum absolute atomic E-state index is 0.170.